The summed E-state index contributed by atoms with van der Waals surface area (Å²) in [5, 5.41) is -0.981. The fraction of sp³-hybridized carbons (Fsp3) is 0.385. The van der Waals surface area contributed by atoms with E-state index in [1.807, 2.05) is 0 Å². The fourth-order valence-corrected chi connectivity index (χ4v) is 2.96. The molecule has 4 nitrogen and oxygen atoms in total. The molecule has 1 aromatic carbocycles. The maximum atomic E-state index is 12.3. The normalized spacial score (nSPS) is 27.5. The van der Waals surface area contributed by atoms with Gasteiger partial charge in [-0.25, -0.2) is 4.90 Å². The molecule has 2 heterocycles. The van der Waals surface area contributed by atoms with Gasteiger partial charge < -0.3 is 4.74 Å². The van der Waals surface area contributed by atoms with E-state index in [9.17, 15) is 9.59 Å². The Morgan fingerprint density at radius 1 is 1.11 bits per heavy atom. The molecule has 91 valence electrons. The second-order valence-electron chi connectivity index (χ2n) is 4.58. The van der Waals surface area contributed by atoms with Gasteiger partial charge in [-0.15, -0.1) is 0 Å². The lowest BCUT2D eigenvalue weighted by molar-refractivity contribution is -0.0883. The van der Waals surface area contributed by atoms with Gasteiger partial charge in [0.1, 0.15) is 15.6 Å². The molecule has 2 aliphatic heterocycles. The zero-order valence-corrected chi connectivity index (χ0v) is 10.8. The molecule has 0 aromatic heterocycles. The van der Waals surface area contributed by atoms with Crippen molar-refractivity contribution in [3.8, 4) is 0 Å². The average molecular weight is 258 g/mol. The van der Waals surface area contributed by atoms with Gasteiger partial charge in [-0.2, -0.15) is 0 Å². The lowest BCUT2D eigenvalue weighted by Gasteiger charge is -2.40. The summed E-state index contributed by atoms with van der Waals surface area (Å²) >= 11 is 0. The van der Waals surface area contributed by atoms with E-state index in [0.29, 0.717) is 24.2 Å². The van der Waals surface area contributed by atoms with Crippen molar-refractivity contribution in [3.63, 3.8) is 0 Å². The molecule has 3 radical (unpaired) electrons. The summed E-state index contributed by atoms with van der Waals surface area (Å²) in [4.78, 5) is 25.8. The topological polar surface area (TPSA) is 46.6 Å². The number of hydrogen-bond donors (Lipinski definition) is 0. The Hall–Kier alpha value is -1.46. The summed E-state index contributed by atoms with van der Waals surface area (Å²) in [5.74, 6) is -0.569. The van der Waals surface area contributed by atoms with Gasteiger partial charge in [-0.1, -0.05) is 12.1 Å². The molecule has 2 aliphatic rings. The van der Waals surface area contributed by atoms with E-state index in [1.54, 1.807) is 24.3 Å². The van der Waals surface area contributed by atoms with E-state index < -0.39 is 5.35 Å². The Balaban J connectivity index is 2.01. The van der Waals surface area contributed by atoms with Crippen LogP contribution < -0.4 is 0 Å². The molecule has 18 heavy (non-hydrogen) atoms. The lowest BCUT2D eigenvalue weighted by Crippen LogP contribution is -2.55. The van der Waals surface area contributed by atoms with E-state index in [4.69, 9.17) is 4.74 Å². The third-order valence-corrected chi connectivity index (χ3v) is 4.02. The molecule has 3 rings (SSSR count). The van der Waals surface area contributed by atoms with Gasteiger partial charge in [0.2, 0.25) is 0 Å². The van der Waals surface area contributed by atoms with E-state index in [0.717, 1.165) is 12.8 Å². The van der Waals surface area contributed by atoms with Crippen LogP contribution in [0.2, 0.25) is 0 Å². The summed E-state index contributed by atoms with van der Waals surface area (Å²) < 4.78 is 5.62. The first-order chi connectivity index (χ1) is 8.63. The largest absolute Gasteiger partial charge is 0.360 e. The maximum Gasteiger partial charge on any atom is 0.263 e. The third kappa shape index (κ3) is 1.54. The highest BCUT2D eigenvalue weighted by Gasteiger charge is 2.47. The van der Waals surface area contributed by atoms with Crippen LogP contribution in [0.25, 0.3) is 0 Å². The number of hydrogen-bond acceptors (Lipinski definition) is 3. The van der Waals surface area contributed by atoms with Gasteiger partial charge >= 0.3 is 0 Å². The highest BCUT2D eigenvalue weighted by Crippen LogP contribution is 2.33. The SMILES string of the molecule is O=C1c2ccccc2C(=O)N1C1([Si])CCCCO1. The van der Waals surface area contributed by atoms with Crippen LogP contribution in [-0.4, -0.2) is 38.9 Å². The summed E-state index contributed by atoms with van der Waals surface area (Å²) in [6.45, 7) is 0.552. The number of amides is 2. The molecule has 1 atom stereocenters. The molecule has 1 unspecified atom stereocenters. The number of carbonyl (C=O) groups is 2. The predicted octanol–water partition coefficient (Wildman–Crippen LogP) is 1.31. The summed E-state index contributed by atoms with van der Waals surface area (Å²) in [5.41, 5.74) is 0.906. The minimum Gasteiger partial charge on any atom is -0.360 e. The average Bonchev–Trinajstić information content (AvgIpc) is 2.64. The van der Waals surface area contributed by atoms with Gasteiger partial charge in [-0.3, -0.25) is 9.59 Å². The molecule has 1 fully saturated rings. The van der Waals surface area contributed by atoms with Crippen molar-refractivity contribution in [2.45, 2.75) is 24.6 Å². The summed E-state index contributed by atoms with van der Waals surface area (Å²) in [6.07, 6.45) is 2.50. The van der Waals surface area contributed by atoms with Crippen molar-refractivity contribution in [2.75, 3.05) is 6.61 Å². The Labute approximate surface area is 108 Å². The first-order valence-electron chi connectivity index (χ1n) is 6.00. The van der Waals surface area contributed by atoms with Crippen LogP contribution in [0.3, 0.4) is 0 Å². The molecule has 1 aromatic rings. The molecule has 0 saturated carbocycles. The van der Waals surface area contributed by atoms with Gasteiger partial charge in [0.25, 0.3) is 11.8 Å². The zero-order valence-electron chi connectivity index (χ0n) is 9.81. The van der Waals surface area contributed by atoms with Gasteiger partial charge in [0, 0.05) is 6.61 Å². The summed E-state index contributed by atoms with van der Waals surface area (Å²) in [6, 6.07) is 6.87. The van der Waals surface area contributed by atoms with E-state index >= 15 is 0 Å². The van der Waals surface area contributed by atoms with Crippen molar-refractivity contribution in [1.82, 2.24) is 4.90 Å². The van der Waals surface area contributed by atoms with Crippen molar-refractivity contribution in [3.05, 3.63) is 35.4 Å². The first-order valence-corrected chi connectivity index (χ1v) is 6.50. The lowest BCUT2D eigenvalue weighted by atomic mass is 10.1. The molecular weight excluding hydrogens is 246 g/mol. The van der Waals surface area contributed by atoms with E-state index in [1.165, 1.54) is 4.90 Å². The number of imide groups is 1. The van der Waals surface area contributed by atoms with Gasteiger partial charge in [-0.05, 0) is 31.4 Å². The Morgan fingerprint density at radius 2 is 1.72 bits per heavy atom. The van der Waals surface area contributed by atoms with Crippen molar-refractivity contribution in [1.29, 1.82) is 0 Å². The minimum absolute atomic E-state index is 0.285. The van der Waals surface area contributed by atoms with Crippen LogP contribution in [0.15, 0.2) is 24.3 Å². The van der Waals surface area contributed by atoms with Crippen LogP contribution in [0.4, 0.5) is 0 Å². The maximum absolute atomic E-state index is 12.3. The van der Waals surface area contributed by atoms with Crippen molar-refractivity contribution < 1.29 is 14.3 Å². The number of benzene rings is 1. The number of ether oxygens (including phenoxy) is 1. The molecular formula is C13H12NO3Si. The molecule has 0 N–H and O–H groups in total. The number of nitrogens with zero attached hydrogens (tertiary/aromatic N) is 1. The zero-order chi connectivity index (χ0) is 12.8. The second kappa shape index (κ2) is 4.03. The Bertz CT molecular complexity index is 488. The number of carbonyl (C=O) groups excluding carboxylic acids is 2. The second-order valence-corrected chi connectivity index (χ2v) is 5.36. The monoisotopic (exact) mass is 258 g/mol. The molecule has 0 aliphatic carbocycles. The fourth-order valence-electron chi connectivity index (χ4n) is 2.47. The number of fused-ring (bicyclic) bond motifs is 1. The molecule has 5 heteroatoms. The highest BCUT2D eigenvalue weighted by molar-refractivity contribution is 6.27. The minimum atomic E-state index is -0.981. The number of rotatable bonds is 1. The Kier molecular flexibility index (Phi) is 2.60. The third-order valence-electron chi connectivity index (χ3n) is 3.41. The molecule has 1 saturated heterocycles. The van der Waals surface area contributed by atoms with Gasteiger partial charge in [0.05, 0.1) is 11.1 Å². The molecule has 2 amide bonds. The van der Waals surface area contributed by atoms with Crippen LogP contribution in [0.5, 0.6) is 0 Å². The van der Waals surface area contributed by atoms with Crippen molar-refractivity contribution >= 4 is 22.1 Å². The van der Waals surface area contributed by atoms with Gasteiger partial charge in [0.15, 0.2) is 0 Å². The van der Waals surface area contributed by atoms with Crippen LogP contribution in [0.1, 0.15) is 40.0 Å². The summed E-state index contributed by atoms with van der Waals surface area (Å²) in [7, 11) is 3.48. The van der Waals surface area contributed by atoms with E-state index in [-0.39, 0.29) is 11.8 Å². The van der Waals surface area contributed by atoms with Crippen LogP contribution >= 0.6 is 0 Å². The molecule has 0 spiro atoms. The molecule has 0 bridgehead atoms. The van der Waals surface area contributed by atoms with Crippen molar-refractivity contribution in [2.24, 2.45) is 0 Å². The highest BCUT2D eigenvalue weighted by atomic mass is 28.1. The Morgan fingerprint density at radius 3 is 2.22 bits per heavy atom. The van der Waals surface area contributed by atoms with Crippen LogP contribution in [-0.2, 0) is 4.74 Å². The first kappa shape index (κ1) is 11.6. The quantitative estimate of drug-likeness (QED) is 0.563. The van der Waals surface area contributed by atoms with Crippen LogP contribution in [0, 0.1) is 0 Å². The predicted molar refractivity (Wildman–Crippen MR) is 65.2 cm³/mol. The smallest absolute Gasteiger partial charge is 0.263 e. The van der Waals surface area contributed by atoms with E-state index in [2.05, 4.69) is 10.2 Å². The standard InChI is InChI=1S/C13H12NO3Si/c15-11-9-5-1-2-6-10(9)12(16)14(11)13(18)7-3-4-8-17-13/h1-2,5-6H,3-4,7-8H2.